The minimum Gasteiger partial charge on any atom is -0.349 e. The maximum atomic E-state index is 12.2. The Morgan fingerprint density at radius 2 is 1.96 bits per heavy atom. The molecule has 1 amide bonds. The number of hydrogen-bond acceptors (Lipinski definition) is 5. The van der Waals surface area contributed by atoms with Gasteiger partial charge in [-0.05, 0) is 38.4 Å². The summed E-state index contributed by atoms with van der Waals surface area (Å²) in [4.78, 5) is 16.7. The molecule has 1 fully saturated rings. The highest BCUT2D eigenvalue weighted by Gasteiger charge is 2.23. The van der Waals surface area contributed by atoms with Crippen molar-refractivity contribution >= 4 is 5.91 Å². The van der Waals surface area contributed by atoms with Crippen molar-refractivity contribution in [2.45, 2.75) is 31.7 Å². The quantitative estimate of drug-likeness (QED) is 0.754. The van der Waals surface area contributed by atoms with E-state index in [1.807, 2.05) is 23.7 Å². The van der Waals surface area contributed by atoms with E-state index in [2.05, 4.69) is 57.8 Å². The van der Waals surface area contributed by atoms with Crippen molar-refractivity contribution in [1.82, 2.24) is 30.1 Å². The van der Waals surface area contributed by atoms with Gasteiger partial charge in [0.2, 0.25) is 0 Å². The average molecular weight is 385 g/mol. The van der Waals surface area contributed by atoms with Gasteiger partial charge in [0.15, 0.2) is 5.69 Å². The fourth-order valence-corrected chi connectivity index (χ4v) is 3.68. The van der Waals surface area contributed by atoms with Gasteiger partial charge in [0, 0.05) is 32.7 Å². The highest BCUT2D eigenvalue weighted by molar-refractivity contribution is 5.91. The number of carbonyl (C=O) groups is 1. The Morgan fingerprint density at radius 1 is 1.25 bits per heavy atom. The minimum absolute atomic E-state index is 0.151. The monoisotopic (exact) mass is 384 g/mol. The number of nitrogens with zero attached hydrogens (tertiary/aromatic N) is 5. The molecule has 0 spiro atoms. The zero-order valence-corrected chi connectivity index (χ0v) is 17.2. The van der Waals surface area contributed by atoms with Crippen LogP contribution in [0.25, 0.3) is 0 Å². The van der Waals surface area contributed by atoms with Crippen LogP contribution >= 0.6 is 0 Å². The largest absolute Gasteiger partial charge is 0.349 e. The SMILES string of the molecule is C[C@H](CN1CCC(n2cc(C(=O)NCCN(C)C)nn2)CC1)c1ccccc1. The second-order valence-corrected chi connectivity index (χ2v) is 7.99. The molecule has 3 rings (SSSR count). The van der Waals surface area contributed by atoms with Gasteiger partial charge in [-0.15, -0.1) is 5.10 Å². The number of likely N-dealkylation sites (tertiary alicyclic amines) is 1. The molecule has 1 aromatic carbocycles. The van der Waals surface area contributed by atoms with Crippen molar-refractivity contribution in [2.24, 2.45) is 0 Å². The molecule has 1 aliphatic heterocycles. The lowest BCUT2D eigenvalue weighted by molar-refractivity contribution is 0.0946. The molecule has 0 saturated carbocycles. The van der Waals surface area contributed by atoms with Crippen LogP contribution in [0.5, 0.6) is 0 Å². The van der Waals surface area contributed by atoms with Crippen molar-refractivity contribution in [1.29, 1.82) is 0 Å². The predicted octanol–water partition coefficient (Wildman–Crippen LogP) is 2.01. The highest BCUT2D eigenvalue weighted by atomic mass is 16.2. The van der Waals surface area contributed by atoms with E-state index in [4.69, 9.17) is 0 Å². The van der Waals surface area contributed by atoms with Crippen LogP contribution in [0, 0.1) is 0 Å². The second kappa shape index (κ2) is 9.80. The Balaban J connectivity index is 1.46. The Labute approximate surface area is 167 Å². The maximum Gasteiger partial charge on any atom is 0.273 e. The van der Waals surface area contributed by atoms with Gasteiger partial charge < -0.3 is 15.1 Å². The summed E-state index contributed by atoms with van der Waals surface area (Å²) in [5.41, 5.74) is 1.80. The second-order valence-electron chi connectivity index (χ2n) is 7.99. The number of amides is 1. The number of aromatic nitrogens is 3. The van der Waals surface area contributed by atoms with Gasteiger partial charge in [0.25, 0.3) is 5.91 Å². The van der Waals surface area contributed by atoms with Crippen LogP contribution in [-0.2, 0) is 0 Å². The number of benzene rings is 1. The summed E-state index contributed by atoms with van der Waals surface area (Å²) in [6.07, 6.45) is 3.86. The van der Waals surface area contributed by atoms with E-state index in [0.717, 1.165) is 39.0 Å². The number of likely N-dealkylation sites (N-methyl/N-ethyl adjacent to an activating group) is 1. The molecule has 0 aliphatic carbocycles. The lowest BCUT2D eigenvalue weighted by Crippen LogP contribution is -2.37. The van der Waals surface area contributed by atoms with Crippen LogP contribution in [-0.4, -0.2) is 77.5 Å². The number of rotatable bonds is 8. The molecule has 7 heteroatoms. The van der Waals surface area contributed by atoms with Crippen LogP contribution in [0.3, 0.4) is 0 Å². The molecule has 1 N–H and O–H groups in total. The van der Waals surface area contributed by atoms with E-state index in [1.165, 1.54) is 5.56 Å². The number of hydrogen-bond donors (Lipinski definition) is 1. The molecule has 0 unspecified atom stereocenters. The molecule has 0 bridgehead atoms. The molecule has 0 radical (unpaired) electrons. The Bertz CT molecular complexity index is 736. The molecule has 1 aliphatic rings. The average Bonchev–Trinajstić information content (AvgIpc) is 3.19. The zero-order valence-electron chi connectivity index (χ0n) is 17.2. The van der Waals surface area contributed by atoms with Gasteiger partial charge in [0.05, 0.1) is 12.2 Å². The first-order valence-corrected chi connectivity index (χ1v) is 10.1. The Kier molecular flexibility index (Phi) is 7.17. The van der Waals surface area contributed by atoms with E-state index in [1.54, 1.807) is 6.20 Å². The van der Waals surface area contributed by atoms with Crippen molar-refractivity contribution in [2.75, 3.05) is 46.8 Å². The van der Waals surface area contributed by atoms with Crippen molar-refractivity contribution in [3.05, 3.63) is 47.8 Å². The number of carbonyl (C=O) groups excluding carboxylic acids is 1. The standard InChI is InChI=1S/C21H32N6O/c1-17(18-7-5-4-6-8-18)15-26-12-9-19(10-13-26)27-16-20(23-24-27)21(28)22-11-14-25(2)3/h4-8,16-17,19H,9-15H2,1-3H3,(H,22,28)/t17-/m1/s1. The van der Waals surface area contributed by atoms with Gasteiger partial charge in [-0.25, -0.2) is 4.68 Å². The van der Waals surface area contributed by atoms with Crippen molar-refractivity contribution in [3.8, 4) is 0 Å². The predicted molar refractivity (Wildman–Crippen MR) is 110 cm³/mol. The molecule has 2 aromatic rings. The summed E-state index contributed by atoms with van der Waals surface area (Å²) in [7, 11) is 3.96. The fourth-order valence-electron chi connectivity index (χ4n) is 3.68. The molecule has 1 atom stereocenters. The molecule has 1 saturated heterocycles. The third-order valence-electron chi connectivity index (χ3n) is 5.42. The number of nitrogens with one attached hydrogen (secondary N) is 1. The van der Waals surface area contributed by atoms with E-state index in [9.17, 15) is 4.79 Å². The smallest absolute Gasteiger partial charge is 0.273 e. The number of piperidine rings is 1. The third-order valence-corrected chi connectivity index (χ3v) is 5.42. The van der Waals surface area contributed by atoms with Crippen molar-refractivity contribution in [3.63, 3.8) is 0 Å². The van der Waals surface area contributed by atoms with Crippen LogP contribution in [0.15, 0.2) is 36.5 Å². The molecular weight excluding hydrogens is 352 g/mol. The first-order valence-electron chi connectivity index (χ1n) is 10.1. The summed E-state index contributed by atoms with van der Waals surface area (Å²) in [6, 6.07) is 11.0. The summed E-state index contributed by atoms with van der Waals surface area (Å²) in [5.74, 6) is 0.379. The van der Waals surface area contributed by atoms with E-state index in [0.29, 0.717) is 24.2 Å². The lowest BCUT2D eigenvalue weighted by Gasteiger charge is -2.33. The summed E-state index contributed by atoms with van der Waals surface area (Å²) in [6.45, 7) is 6.88. The minimum atomic E-state index is -0.151. The zero-order chi connectivity index (χ0) is 19.9. The molecular formula is C21H32N6O. The van der Waals surface area contributed by atoms with Gasteiger partial charge >= 0.3 is 0 Å². The van der Waals surface area contributed by atoms with Crippen LogP contribution in [0.1, 0.15) is 47.8 Å². The Morgan fingerprint density at radius 3 is 2.64 bits per heavy atom. The first-order chi connectivity index (χ1) is 13.5. The molecule has 1 aromatic heterocycles. The van der Waals surface area contributed by atoms with E-state index >= 15 is 0 Å². The van der Waals surface area contributed by atoms with Crippen molar-refractivity contribution < 1.29 is 4.79 Å². The van der Waals surface area contributed by atoms with Gasteiger partial charge in [0.1, 0.15) is 0 Å². The summed E-state index contributed by atoms with van der Waals surface area (Å²) < 4.78 is 1.87. The lowest BCUT2D eigenvalue weighted by atomic mass is 9.98. The molecule has 2 heterocycles. The summed E-state index contributed by atoms with van der Waals surface area (Å²) >= 11 is 0. The maximum absolute atomic E-state index is 12.2. The van der Waals surface area contributed by atoms with E-state index < -0.39 is 0 Å². The Hall–Kier alpha value is -2.25. The topological polar surface area (TPSA) is 66.3 Å². The van der Waals surface area contributed by atoms with Gasteiger partial charge in [-0.2, -0.15) is 0 Å². The van der Waals surface area contributed by atoms with Crippen LogP contribution in [0.2, 0.25) is 0 Å². The highest BCUT2D eigenvalue weighted by Crippen LogP contribution is 2.24. The van der Waals surface area contributed by atoms with Gasteiger partial charge in [-0.3, -0.25) is 4.79 Å². The van der Waals surface area contributed by atoms with Gasteiger partial charge in [-0.1, -0.05) is 42.5 Å². The van der Waals surface area contributed by atoms with E-state index in [-0.39, 0.29) is 5.91 Å². The van der Waals surface area contributed by atoms with Crippen LogP contribution < -0.4 is 5.32 Å². The normalized spacial score (nSPS) is 17.0. The molecule has 152 valence electrons. The third kappa shape index (κ3) is 5.62. The molecule has 7 nitrogen and oxygen atoms in total. The summed E-state index contributed by atoms with van der Waals surface area (Å²) in [5, 5.41) is 11.2. The first kappa shape index (κ1) is 20.5. The van der Waals surface area contributed by atoms with Crippen LogP contribution in [0.4, 0.5) is 0 Å². The fraction of sp³-hybridized carbons (Fsp3) is 0.571. The molecule has 28 heavy (non-hydrogen) atoms.